The molecule has 1 spiro atoms. The number of imide groups is 1. The maximum absolute atomic E-state index is 13.9. The summed E-state index contributed by atoms with van der Waals surface area (Å²) < 4.78 is 5.84. The second kappa shape index (κ2) is 8.13. The highest BCUT2D eigenvalue weighted by atomic mass is 16.6. The van der Waals surface area contributed by atoms with Gasteiger partial charge in [-0.2, -0.15) is 5.10 Å². The third kappa shape index (κ3) is 3.41. The van der Waals surface area contributed by atoms with E-state index in [9.17, 15) is 14.4 Å². The highest BCUT2D eigenvalue weighted by molar-refractivity contribution is 6.13. The minimum atomic E-state index is -1.39. The van der Waals surface area contributed by atoms with E-state index >= 15 is 0 Å². The van der Waals surface area contributed by atoms with E-state index in [0.717, 1.165) is 45.7 Å². The van der Waals surface area contributed by atoms with E-state index in [1.54, 1.807) is 12.3 Å². The number of Topliss-reactive ketones (excluding diaryl/α,β-unsaturated/α-hetero) is 1. The lowest BCUT2D eigenvalue weighted by Crippen LogP contribution is -2.41. The van der Waals surface area contributed by atoms with Gasteiger partial charge in [0.2, 0.25) is 5.60 Å². The number of fused-ring (bicyclic) bond motifs is 2. The first kappa shape index (κ1) is 22.0. The van der Waals surface area contributed by atoms with E-state index in [2.05, 4.69) is 10.2 Å². The van der Waals surface area contributed by atoms with Gasteiger partial charge in [0.1, 0.15) is 0 Å². The van der Waals surface area contributed by atoms with Crippen LogP contribution in [-0.4, -0.2) is 32.9 Å². The minimum absolute atomic E-state index is 0.111. The van der Waals surface area contributed by atoms with Crippen molar-refractivity contribution < 1.29 is 19.1 Å². The van der Waals surface area contributed by atoms with Crippen molar-refractivity contribution in [1.29, 1.82) is 0 Å². The lowest BCUT2D eigenvalue weighted by molar-refractivity contribution is -0.137. The molecule has 1 saturated carbocycles. The van der Waals surface area contributed by atoms with Gasteiger partial charge in [-0.1, -0.05) is 54.1 Å². The molecule has 4 aliphatic rings. The summed E-state index contributed by atoms with van der Waals surface area (Å²) in [7, 11) is 0. The molecule has 7 rings (SSSR count). The molecule has 184 valence electrons. The van der Waals surface area contributed by atoms with E-state index in [1.165, 1.54) is 0 Å². The van der Waals surface area contributed by atoms with Crippen LogP contribution in [0.25, 0.3) is 11.3 Å². The molecule has 2 aromatic carbocycles. The number of H-pyrrole nitrogens is 1. The number of ketones is 1. The minimum Gasteiger partial charge on any atom is -0.427 e. The Morgan fingerprint density at radius 3 is 2.62 bits per heavy atom. The maximum Gasteiger partial charge on any atom is 0.422 e. The number of aromatic nitrogens is 2. The molecule has 1 saturated heterocycles. The summed E-state index contributed by atoms with van der Waals surface area (Å²) in [5.74, 6) is -0.663. The number of allylic oxidation sites excluding steroid dienone is 4. The van der Waals surface area contributed by atoms with Crippen LogP contribution in [0, 0.1) is 11.8 Å². The van der Waals surface area contributed by atoms with Gasteiger partial charge in [0, 0.05) is 24.1 Å². The molecule has 3 aliphatic carbocycles. The van der Waals surface area contributed by atoms with Crippen LogP contribution in [0.4, 0.5) is 4.79 Å². The van der Waals surface area contributed by atoms with Crippen LogP contribution in [0.2, 0.25) is 0 Å². The summed E-state index contributed by atoms with van der Waals surface area (Å²) in [6.07, 6.45) is 8.13. The Morgan fingerprint density at radius 1 is 1.03 bits per heavy atom. The van der Waals surface area contributed by atoms with Gasteiger partial charge in [0.05, 0.1) is 11.4 Å². The fourth-order valence-corrected chi connectivity index (χ4v) is 6.05. The number of hydrogen-bond donors (Lipinski definition) is 1. The summed E-state index contributed by atoms with van der Waals surface area (Å²) >= 11 is 0. The van der Waals surface area contributed by atoms with Crippen molar-refractivity contribution in [1.82, 2.24) is 15.1 Å². The Bertz CT molecular complexity index is 1500. The van der Waals surface area contributed by atoms with Crippen molar-refractivity contribution >= 4 is 17.8 Å². The Balaban J connectivity index is 1.22. The molecule has 1 N–H and O–H groups in total. The Morgan fingerprint density at radius 2 is 1.86 bits per heavy atom. The predicted octanol–water partition coefficient (Wildman–Crippen LogP) is 4.86. The van der Waals surface area contributed by atoms with Gasteiger partial charge in [0.15, 0.2) is 5.78 Å². The maximum atomic E-state index is 13.9. The van der Waals surface area contributed by atoms with Gasteiger partial charge in [-0.25, -0.2) is 9.69 Å². The normalized spacial score (nSPS) is 24.8. The fraction of sp³-hybridized carbons (Fsp3) is 0.267. The predicted molar refractivity (Wildman–Crippen MR) is 135 cm³/mol. The van der Waals surface area contributed by atoms with Gasteiger partial charge >= 0.3 is 6.09 Å². The summed E-state index contributed by atoms with van der Waals surface area (Å²) in [4.78, 5) is 41.9. The summed E-state index contributed by atoms with van der Waals surface area (Å²) in [6, 6.07) is 17.5. The van der Waals surface area contributed by atoms with Crippen LogP contribution in [-0.2, 0) is 32.8 Å². The molecule has 2 unspecified atom stereocenters. The van der Waals surface area contributed by atoms with Crippen molar-refractivity contribution in [3.8, 4) is 11.3 Å². The summed E-state index contributed by atoms with van der Waals surface area (Å²) in [6.45, 7) is 0. The van der Waals surface area contributed by atoms with Crippen molar-refractivity contribution in [3.05, 3.63) is 101 Å². The number of carbonyl (C=O) groups is 3. The average Bonchev–Trinajstić information content (AvgIpc) is 3.37. The molecule has 7 heteroatoms. The van der Waals surface area contributed by atoms with E-state index in [0.29, 0.717) is 30.7 Å². The van der Waals surface area contributed by atoms with Crippen LogP contribution >= 0.6 is 0 Å². The van der Waals surface area contributed by atoms with Gasteiger partial charge < -0.3 is 4.74 Å². The summed E-state index contributed by atoms with van der Waals surface area (Å²) in [5.41, 5.74) is 4.35. The van der Waals surface area contributed by atoms with E-state index in [1.807, 2.05) is 60.7 Å². The number of rotatable bonds is 5. The zero-order valence-electron chi connectivity index (χ0n) is 20.1. The topological polar surface area (TPSA) is 92.4 Å². The Labute approximate surface area is 213 Å². The molecular weight excluding hydrogens is 466 g/mol. The van der Waals surface area contributed by atoms with Crippen molar-refractivity contribution in [2.45, 2.75) is 37.7 Å². The number of nitrogens with one attached hydrogen (secondary N) is 1. The van der Waals surface area contributed by atoms with Crippen molar-refractivity contribution in [2.24, 2.45) is 11.8 Å². The van der Waals surface area contributed by atoms with Gasteiger partial charge in [0.25, 0.3) is 5.91 Å². The standard InChI is InChI=1S/C30H25N3O4/c34-27-23(16-18-4-2-1-3-5-18)22(19-6-7-19)9-11-26(27)33-28(35)30(37-29(33)36)14-12-20-17-21(8-10-24(20)30)25-13-15-31-32-25/h1-5,8-11,13,15,17,19,23H,6-7,12,14,16H2,(H,31,32). The quantitative estimate of drug-likeness (QED) is 0.550. The van der Waals surface area contributed by atoms with Crippen LogP contribution in [0.3, 0.4) is 0 Å². The SMILES string of the molecule is O=C1C(N2C(=O)OC3(CCc4cc(-c5ccn[nH]5)ccc43)C2=O)=CC=C(C2CC2)C1Cc1ccccc1. The smallest absolute Gasteiger partial charge is 0.422 e. The third-order valence-corrected chi connectivity index (χ3v) is 8.07. The first-order valence-electron chi connectivity index (χ1n) is 12.8. The van der Waals surface area contributed by atoms with Crippen LogP contribution in [0.15, 0.2) is 84.2 Å². The number of amides is 2. The first-order valence-corrected chi connectivity index (χ1v) is 12.8. The van der Waals surface area contributed by atoms with Crippen LogP contribution in [0.1, 0.15) is 36.0 Å². The molecule has 2 amide bonds. The van der Waals surface area contributed by atoms with Gasteiger partial charge in [-0.3, -0.25) is 14.7 Å². The second-order valence-corrected chi connectivity index (χ2v) is 10.3. The van der Waals surface area contributed by atoms with Crippen LogP contribution in [0.5, 0.6) is 0 Å². The molecule has 7 nitrogen and oxygen atoms in total. The first-order chi connectivity index (χ1) is 18.0. The average molecular weight is 492 g/mol. The lowest BCUT2D eigenvalue weighted by Gasteiger charge is -2.27. The molecule has 2 fully saturated rings. The van der Waals surface area contributed by atoms with E-state index in [4.69, 9.17) is 4.74 Å². The Hall–Kier alpha value is -4.26. The largest absolute Gasteiger partial charge is 0.427 e. The number of nitrogens with zero attached hydrogens (tertiary/aromatic N) is 2. The zero-order valence-corrected chi connectivity index (χ0v) is 20.1. The number of aryl methyl sites for hydroxylation is 1. The monoisotopic (exact) mass is 491 g/mol. The van der Waals surface area contributed by atoms with E-state index in [-0.39, 0.29) is 17.4 Å². The lowest BCUT2D eigenvalue weighted by atomic mass is 9.81. The molecule has 37 heavy (non-hydrogen) atoms. The zero-order chi connectivity index (χ0) is 25.1. The number of hydrogen-bond acceptors (Lipinski definition) is 5. The molecule has 2 atom stereocenters. The number of aromatic amines is 1. The second-order valence-electron chi connectivity index (χ2n) is 10.3. The number of carbonyl (C=O) groups excluding carboxylic acids is 3. The molecule has 0 radical (unpaired) electrons. The van der Waals surface area contributed by atoms with Crippen LogP contribution < -0.4 is 0 Å². The highest BCUT2D eigenvalue weighted by Gasteiger charge is 2.60. The van der Waals surface area contributed by atoms with Crippen molar-refractivity contribution in [2.75, 3.05) is 0 Å². The number of ether oxygens (including phenoxy) is 1. The molecule has 1 aromatic heterocycles. The fourth-order valence-electron chi connectivity index (χ4n) is 6.05. The molecule has 2 heterocycles. The highest BCUT2D eigenvalue weighted by Crippen LogP contribution is 2.49. The Kier molecular flexibility index (Phi) is 4.83. The number of benzene rings is 2. The molecule has 0 bridgehead atoms. The van der Waals surface area contributed by atoms with Gasteiger partial charge in [-0.15, -0.1) is 0 Å². The van der Waals surface area contributed by atoms with E-state index < -0.39 is 17.6 Å². The van der Waals surface area contributed by atoms with Crippen molar-refractivity contribution in [3.63, 3.8) is 0 Å². The van der Waals surface area contributed by atoms with Gasteiger partial charge in [-0.05, 0) is 66.5 Å². The molecular formula is C30H25N3O4. The molecule has 3 aromatic rings. The molecule has 1 aliphatic heterocycles. The third-order valence-electron chi connectivity index (χ3n) is 8.07. The summed E-state index contributed by atoms with van der Waals surface area (Å²) in [5, 5.41) is 6.96.